The van der Waals surface area contributed by atoms with Crippen LogP contribution in [0.25, 0.3) is 22.6 Å². The molecule has 0 radical (unpaired) electrons. The van der Waals surface area contributed by atoms with Crippen LogP contribution in [-0.2, 0) is 17.7 Å². The van der Waals surface area contributed by atoms with Crippen LogP contribution in [0.2, 0.25) is 0 Å². The molecule has 10 heteroatoms. The van der Waals surface area contributed by atoms with Crippen molar-refractivity contribution in [3.05, 3.63) is 78.0 Å². The first-order valence-electron chi connectivity index (χ1n) is 14.4. The van der Waals surface area contributed by atoms with E-state index in [1.165, 1.54) is 17.7 Å². The van der Waals surface area contributed by atoms with Gasteiger partial charge in [0.05, 0.1) is 30.8 Å². The average Bonchev–Trinajstić information content (AvgIpc) is 3.56. The third-order valence-electron chi connectivity index (χ3n) is 7.53. The molecule has 1 aliphatic heterocycles. The highest BCUT2D eigenvalue weighted by atomic mass is 19.1. The second-order valence-corrected chi connectivity index (χ2v) is 10.9. The second kappa shape index (κ2) is 13.9. The number of fused-ring (bicyclic) bond motifs is 1. The largest absolute Gasteiger partial charge is 0.497 e. The number of hydrogen-bond acceptors (Lipinski definition) is 8. The molecule has 4 aromatic rings. The fourth-order valence-corrected chi connectivity index (χ4v) is 5.45. The molecule has 2 aromatic heterocycles. The third-order valence-corrected chi connectivity index (χ3v) is 7.53. The second-order valence-electron chi connectivity index (χ2n) is 10.9. The van der Waals surface area contributed by atoms with E-state index in [0.29, 0.717) is 12.6 Å². The lowest BCUT2D eigenvalue weighted by atomic mass is 10.1. The zero-order valence-corrected chi connectivity index (χ0v) is 24.9. The Morgan fingerprint density at radius 1 is 1.05 bits per heavy atom. The molecular formula is C32H40FN7O2. The van der Waals surface area contributed by atoms with Crippen molar-refractivity contribution in [3.8, 4) is 28.4 Å². The average molecular weight is 574 g/mol. The summed E-state index contributed by atoms with van der Waals surface area (Å²) in [7, 11) is 7.50. The van der Waals surface area contributed by atoms with Crippen molar-refractivity contribution in [2.75, 3.05) is 66.4 Å². The van der Waals surface area contributed by atoms with Crippen LogP contribution < -0.4 is 10.1 Å². The van der Waals surface area contributed by atoms with Gasteiger partial charge in [-0.3, -0.25) is 4.90 Å². The van der Waals surface area contributed by atoms with Gasteiger partial charge in [-0.2, -0.15) is 0 Å². The number of ether oxygens (including phenoxy) is 2. The van der Waals surface area contributed by atoms with Crippen molar-refractivity contribution in [2.24, 2.45) is 0 Å². The number of benzene rings is 2. The van der Waals surface area contributed by atoms with E-state index in [9.17, 15) is 4.39 Å². The summed E-state index contributed by atoms with van der Waals surface area (Å²) >= 11 is 0. The first-order chi connectivity index (χ1) is 20.4. The van der Waals surface area contributed by atoms with Crippen molar-refractivity contribution in [1.29, 1.82) is 0 Å². The summed E-state index contributed by atoms with van der Waals surface area (Å²) in [5.41, 5.74) is 4.58. The predicted octanol–water partition coefficient (Wildman–Crippen LogP) is 4.76. The number of nitrogens with one attached hydrogen (secondary N) is 1. The maximum Gasteiger partial charge on any atom is 0.223 e. The van der Waals surface area contributed by atoms with Gasteiger partial charge in [0, 0.05) is 64.1 Å². The van der Waals surface area contributed by atoms with E-state index in [4.69, 9.17) is 19.4 Å². The Bertz CT molecular complexity index is 1460. The van der Waals surface area contributed by atoms with Crippen LogP contribution in [0.4, 0.5) is 10.3 Å². The summed E-state index contributed by atoms with van der Waals surface area (Å²) in [4.78, 5) is 19.0. The SMILES string of the molecule is COCCN(Cc1cccc(OC)c1)C[C@@H]1CCc2nc(-c3ccc(F)cc3)c(-c3ccnc(NCCN(C)C)n3)n21. The lowest BCUT2D eigenvalue weighted by Gasteiger charge is -2.27. The lowest BCUT2D eigenvalue weighted by molar-refractivity contribution is 0.134. The fraction of sp³-hybridized carbons (Fsp3) is 0.406. The van der Waals surface area contributed by atoms with Crippen molar-refractivity contribution < 1.29 is 13.9 Å². The summed E-state index contributed by atoms with van der Waals surface area (Å²) in [6.07, 6.45) is 3.61. The molecule has 3 heterocycles. The normalized spacial score (nSPS) is 14.5. The summed E-state index contributed by atoms with van der Waals surface area (Å²) in [5.74, 6) is 2.17. The summed E-state index contributed by atoms with van der Waals surface area (Å²) < 4.78 is 27.1. The topological polar surface area (TPSA) is 80.6 Å². The van der Waals surface area contributed by atoms with Gasteiger partial charge in [0.25, 0.3) is 0 Å². The van der Waals surface area contributed by atoms with E-state index in [1.54, 1.807) is 32.5 Å². The summed E-state index contributed by atoms with van der Waals surface area (Å²) in [5, 5.41) is 3.34. The van der Waals surface area contributed by atoms with Crippen molar-refractivity contribution in [2.45, 2.75) is 25.4 Å². The van der Waals surface area contributed by atoms with E-state index in [0.717, 1.165) is 79.8 Å². The number of hydrogen-bond donors (Lipinski definition) is 1. The van der Waals surface area contributed by atoms with Gasteiger partial charge < -0.3 is 24.3 Å². The minimum atomic E-state index is -0.273. The number of aryl methyl sites for hydroxylation is 1. The highest BCUT2D eigenvalue weighted by Crippen LogP contribution is 2.39. The number of aromatic nitrogens is 4. The van der Waals surface area contributed by atoms with Crippen LogP contribution in [0.1, 0.15) is 23.9 Å². The van der Waals surface area contributed by atoms with Crippen molar-refractivity contribution >= 4 is 5.95 Å². The summed E-state index contributed by atoms with van der Waals surface area (Å²) in [6, 6.07) is 16.9. The smallest absolute Gasteiger partial charge is 0.223 e. The van der Waals surface area contributed by atoms with E-state index in [1.807, 2.05) is 32.3 Å². The van der Waals surface area contributed by atoms with Gasteiger partial charge in [-0.15, -0.1) is 0 Å². The van der Waals surface area contributed by atoms with Crippen LogP contribution in [0.15, 0.2) is 60.8 Å². The first-order valence-corrected chi connectivity index (χ1v) is 14.4. The number of methoxy groups -OCH3 is 2. The van der Waals surface area contributed by atoms with Crippen LogP contribution >= 0.6 is 0 Å². The molecule has 0 aliphatic carbocycles. The molecule has 2 aromatic carbocycles. The Morgan fingerprint density at radius 2 is 1.88 bits per heavy atom. The molecule has 0 spiro atoms. The Balaban J connectivity index is 1.50. The number of imidazole rings is 1. The zero-order valence-electron chi connectivity index (χ0n) is 24.9. The van der Waals surface area contributed by atoms with Crippen molar-refractivity contribution in [3.63, 3.8) is 0 Å². The molecular weight excluding hydrogens is 533 g/mol. The molecule has 0 fully saturated rings. The molecule has 1 atom stereocenters. The van der Waals surface area contributed by atoms with E-state index < -0.39 is 0 Å². The maximum absolute atomic E-state index is 13.9. The molecule has 5 rings (SSSR count). The molecule has 1 N–H and O–H groups in total. The first kappa shape index (κ1) is 29.6. The van der Waals surface area contributed by atoms with E-state index in [2.05, 4.69) is 36.8 Å². The Morgan fingerprint density at radius 3 is 2.64 bits per heavy atom. The number of rotatable bonds is 14. The van der Waals surface area contributed by atoms with Gasteiger partial charge in [-0.1, -0.05) is 12.1 Å². The van der Waals surface area contributed by atoms with E-state index in [-0.39, 0.29) is 11.9 Å². The number of likely N-dealkylation sites (N-methyl/N-ethyl adjacent to an activating group) is 1. The zero-order chi connectivity index (χ0) is 29.5. The van der Waals surface area contributed by atoms with Crippen molar-refractivity contribution in [1.82, 2.24) is 29.3 Å². The van der Waals surface area contributed by atoms with Gasteiger partial charge in [0.15, 0.2) is 0 Å². The molecule has 0 saturated carbocycles. The Labute approximate surface area is 247 Å². The Kier molecular flexibility index (Phi) is 9.78. The van der Waals surface area contributed by atoms with Crippen LogP contribution in [-0.4, -0.2) is 90.4 Å². The van der Waals surface area contributed by atoms with Gasteiger partial charge in [0.1, 0.15) is 17.4 Å². The predicted molar refractivity (Wildman–Crippen MR) is 163 cm³/mol. The minimum absolute atomic E-state index is 0.180. The Hall–Kier alpha value is -3.86. The third kappa shape index (κ3) is 7.13. The molecule has 0 saturated heterocycles. The highest BCUT2D eigenvalue weighted by molar-refractivity contribution is 5.78. The molecule has 42 heavy (non-hydrogen) atoms. The lowest BCUT2D eigenvalue weighted by Crippen LogP contribution is -2.32. The quantitative estimate of drug-likeness (QED) is 0.231. The molecule has 9 nitrogen and oxygen atoms in total. The number of halogens is 1. The molecule has 0 amide bonds. The molecule has 222 valence electrons. The van der Waals surface area contributed by atoms with Gasteiger partial charge in [-0.25, -0.2) is 19.3 Å². The minimum Gasteiger partial charge on any atom is -0.497 e. The van der Waals surface area contributed by atoms with Gasteiger partial charge in [-0.05, 0) is 68.5 Å². The molecule has 1 aliphatic rings. The standard InChI is InChI=1S/C32H40FN7O2/c1-38(2)17-16-35-32-34-15-14-28(36-32)31-30(24-8-10-25(33)11-9-24)37-29-13-12-26(40(29)31)22-39(18-19-41-3)21-23-6-5-7-27(20-23)42-4/h5-11,14-15,20,26H,12-13,16-19,21-22H2,1-4H3,(H,34,35,36)/t26-/m0/s1. The number of anilines is 1. The van der Waals surface area contributed by atoms with Crippen LogP contribution in [0.3, 0.4) is 0 Å². The summed E-state index contributed by atoms with van der Waals surface area (Å²) in [6.45, 7) is 4.61. The van der Waals surface area contributed by atoms with Gasteiger partial charge in [0.2, 0.25) is 5.95 Å². The maximum atomic E-state index is 13.9. The number of nitrogens with zero attached hydrogens (tertiary/aromatic N) is 6. The van der Waals surface area contributed by atoms with Gasteiger partial charge >= 0.3 is 0 Å². The van der Waals surface area contributed by atoms with Crippen LogP contribution in [0.5, 0.6) is 5.75 Å². The van der Waals surface area contributed by atoms with Crippen LogP contribution in [0, 0.1) is 5.82 Å². The monoisotopic (exact) mass is 573 g/mol. The molecule has 0 bridgehead atoms. The van der Waals surface area contributed by atoms with E-state index >= 15 is 0 Å². The molecule has 0 unspecified atom stereocenters. The fourth-order valence-electron chi connectivity index (χ4n) is 5.45. The highest BCUT2D eigenvalue weighted by Gasteiger charge is 2.32.